The van der Waals surface area contributed by atoms with Gasteiger partial charge >= 0.3 is 0 Å². The van der Waals surface area contributed by atoms with Crippen LogP contribution in [0.2, 0.25) is 0 Å². The molecule has 4 rings (SSSR count). The molecule has 128 valence electrons. The minimum atomic E-state index is 0.00436. The Morgan fingerprint density at radius 1 is 0.885 bits per heavy atom. The van der Waals surface area contributed by atoms with E-state index in [-0.39, 0.29) is 12.4 Å². The lowest BCUT2D eigenvalue weighted by Crippen LogP contribution is -2.18. The maximum absolute atomic E-state index is 12.7. The third-order valence-electron chi connectivity index (χ3n) is 4.29. The van der Waals surface area contributed by atoms with Crippen molar-refractivity contribution in [1.82, 2.24) is 0 Å². The monoisotopic (exact) mass is 342 g/mol. The summed E-state index contributed by atoms with van der Waals surface area (Å²) in [5.74, 6) is 1.39. The van der Waals surface area contributed by atoms with Crippen LogP contribution in [0.1, 0.15) is 21.5 Å². The minimum absolute atomic E-state index is 0.00436. The first-order valence-electron chi connectivity index (χ1n) is 8.54. The Morgan fingerprint density at radius 2 is 1.62 bits per heavy atom. The molecule has 3 heteroatoms. The molecule has 3 nitrogen and oxygen atoms in total. The van der Waals surface area contributed by atoms with Gasteiger partial charge in [-0.25, -0.2) is 0 Å². The van der Waals surface area contributed by atoms with E-state index in [4.69, 9.17) is 9.47 Å². The van der Waals surface area contributed by atoms with Gasteiger partial charge in [0.05, 0.1) is 5.56 Å². The van der Waals surface area contributed by atoms with Crippen LogP contribution in [0.4, 0.5) is 0 Å². The fourth-order valence-electron chi connectivity index (χ4n) is 2.94. The van der Waals surface area contributed by atoms with Crippen LogP contribution in [0.25, 0.3) is 6.08 Å². The highest BCUT2D eigenvalue weighted by Crippen LogP contribution is 2.29. The second kappa shape index (κ2) is 7.28. The Kier molecular flexibility index (Phi) is 4.52. The van der Waals surface area contributed by atoms with Gasteiger partial charge in [0.1, 0.15) is 24.7 Å². The molecule has 0 fully saturated rings. The van der Waals surface area contributed by atoms with Gasteiger partial charge in [-0.2, -0.15) is 0 Å². The summed E-state index contributed by atoms with van der Waals surface area (Å²) in [6.07, 6.45) is 1.86. The fourth-order valence-corrected chi connectivity index (χ4v) is 2.94. The third kappa shape index (κ3) is 3.38. The van der Waals surface area contributed by atoms with E-state index in [1.807, 2.05) is 78.9 Å². The predicted molar refractivity (Wildman–Crippen MR) is 101 cm³/mol. The van der Waals surface area contributed by atoms with Crippen LogP contribution in [-0.4, -0.2) is 12.4 Å². The van der Waals surface area contributed by atoms with Gasteiger partial charge in [-0.05, 0) is 29.8 Å². The van der Waals surface area contributed by atoms with Gasteiger partial charge in [-0.15, -0.1) is 0 Å². The van der Waals surface area contributed by atoms with Gasteiger partial charge in [0.25, 0.3) is 0 Å². The molecule has 3 aromatic rings. The number of carbonyl (C=O) groups is 1. The molecule has 1 aliphatic heterocycles. The summed E-state index contributed by atoms with van der Waals surface area (Å²) in [5, 5.41) is 0. The highest BCUT2D eigenvalue weighted by atomic mass is 16.5. The molecule has 0 saturated carbocycles. The summed E-state index contributed by atoms with van der Waals surface area (Å²) >= 11 is 0. The molecule has 26 heavy (non-hydrogen) atoms. The van der Waals surface area contributed by atoms with E-state index in [1.54, 1.807) is 6.07 Å². The number of ether oxygens (including phenoxy) is 2. The van der Waals surface area contributed by atoms with Gasteiger partial charge in [-0.3, -0.25) is 4.79 Å². The van der Waals surface area contributed by atoms with E-state index in [9.17, 15) is 4.79 Å². The molecule has 0 bridgehead atoms. The van der Waals surface area contributed by atoms with Crippen LogP contribution in [0, 0.1) is 0 Å². The molecule has 0 saturated heterocycles. The molecule has 3 aromatic carbocycles. The third-order valence-corrected chi connectivity index (χ3v) is 4.29. The Hall–Kier alpha value is -3.33. The van der Waals surface area contributed by atoms with Crippen LogP contribution in [0.15, 0.2) is 84.4 Å². The number of Topliss-reactive ketones (excluding diaryl/α,β-unsaturated/α-hetero) is 1. The summed E-state index contributed by atoms with van der Waals surface area (Å²) in [7, 11) is 0. The molecule has 0 aliphatic carbocycles. The number of hydrogen-bond donors (Lipinski definition) is 0. The lowest BCUT2D eigenvalue weighted by atomic mass is 9.98. The van der Waals surface area contributed by atoms with Crippen LogP contribution >= 0.6 is 0 Å². The zero-order valence-electron chi connectivity index (χ0n) is 14.2. The first kappa shape index (κ1) is 16.2. The zero-order valence-corrected chi connectivity index (χ0v) is 14.2. The molecular weight excluding hydrogens is 324 g/mol. The maximum atomic E-state index is 12.7. The summed E-state index contributed by atoms with van der Waals surface area (Å²) in [4.78, 5) is 12.7. The average Bonchev–Trinajstić information content (AvgIpc) is 2.70. The molecule has 1 heterocycles. The Bertz CT molecular complexity index is 958. The van der Waals surface area contributed by atoms with Crippen molar-refractivity contribution in [2.24, 2.45) is 0 Å². The van der Waals surface area contributed by atoms with Crippen molar-refractivity contribution in [3.63, 3.8) is 0 Å². The summed E-state index contributed by atoms with van der Waals surface area (Å²) < 4.78 is 11.7. The van der Waals surface area contributed by atoms with E-state index >= 15 is 0 Å². The number of carbonyl (C=O) groups excluding carboxylic acids is 1. The molecule has 0 amide bonds. The number of para-hydroxylation sites is 2. The Labute approximate surface area is 152 Å². The molecule has 0 atom stereocenters. The highest BCUT2D eigenvalue weighted by Gasteiger charge is 2.23. The standard InChI is InChI=1S/C23H18O3/c24-23-19(16-26-22-13-7-5-11-20(22)23)14-18-10-4-6-12-21(18)25-15-17-8-2-1-3-9-17/h1-14H,15-16H2/b19-14+. The molecule has 1 aliphatic rings. The van der Waals surface area contributed by atoms with Gasteiger partial charge in [0, 0.05) is 11.1 Å². The molecular formula is C23H18O3. The lowest BCUT2D eigenvalue weighted by Gasteiger charge is -2.19. The van der Waals surface area contributed by atoms with Crippen LogP contribution in [0.3, 0.4) is 0 Å². The quantitative estimate of drug-likeness (QED) is 0.631. The van der Waals surface area contributed by atoms with Crippen molar-refractivity contribution in [2.75, 3.05) is 6.61 Å². The molecule has 0 unspecified atom stereocenters. The number of benzene rings is 3. The summed E-state index contributed by atoms with van der Waals surface area (Å²) in [6.45, 7) is 0.747. The van der Waals surface area contributed by atoms with Crippen molar-refractivity contribution in [3.05, 3.63) is 101 Å². The topological polar surface area (TPSA) is 35.5 Å². The van der Waals surface area contributed by atoms with E-state index < -0.39 is 0 Å². The molecule has 0 N–H and O–H groups in total. The number of rotatable bonds is 4. The van der Waals surface area contributed by atoms with Crippen LogP contribution in [-0.2, 0) is 6.61 Å². The molecule has 0 spiro atoms. The smallest absolute Gasteiger partial charge is 0.196 e. The van der Waals surface area contributed by atoms with Gasteiger partial charge in [0.2, 0.25) is 0 Å². The number of ketones is 1. The maximum Gasteiger partial charge on any atom is 0.196 e. The van der Waals surface area contributed by atoms with Gasteiger partial charge in [-0.1, -0.05) is 60.7 Å². The first-order valence-corrected chi connectivity index (χ1v) is 8.54. The van der Waals surface area contributed by atoms with Crippen LogP contribution in [0.5, 0.6) is 11.5 Å². The first-order chi connectivity index (χ1) is 12.8. The van der Waals surface area contributed by atoms with Gasteiger partial charge < -0.3 is 9.47 Å². The largest absolute Gasteiger partial charge is 0.488 e. The fraction of sp³-hybridized carbons (Fsp3) is 0.0870. The molecule has 0 radical (unpaired) electrons. The zero-order chi connectivity index (χ0) is 17.8. The SMILES string of the molecule is O=C1/C(=C/c2ccccc2OCc2ccccc2)COc2ccccc21. The summed E-state index contributed by atoms with van der Waals surface area (Å²) in [6, 6.07) is 25.1. The van der Waals surface area contributed by atoms with Crippen molar-refractivity contribution in [2.45, 2.75) is 6.61 Å². The second-order valence-corrected chi connectivity index (χ2v) is 6.10. The Morgan fingerprint density at radius 3 is 2.50 bits per heavy atom. The molecule has 0 aromatic heterocycles. The number of hydrogen-bond acceptors (Lipinski definition) is 3. The summed E-state index contributed by atoms with van der Waals surface area (Å²) in [5.41, 5.74) is 3.20. The lowest BCUT2D eigenvalue weighted by molar-refractivity contribution is 0.100. The Balaban J connectivity index is 1.59. The van der Waals surface area contributed by atoms with Crippen molar-refractivity contribution in [3.8, 4) is 11.5 Å². The average molecular weight is 342 g/mol. The minimum Gasteiger partial charge on any atom is -0.488 e. The highest BCUT2D eigenvalue weighted by molar-refractivity contribution is 6.14. The van der Waals surface area contributed by atoms with E-state index in [1.165, 1.54) is 0 Å². The normalized spacial score (nSPS) is 14.6. The van der Waals surface area contributed by atoms with Gasteiger partial charge in [0.15, 0.2) is 5.78 Å². The van der Waals surface area contributed by atoms with Crippen molar-refractivity contribution in [1.29, 1.82) is 0 Å². The van der Waals surface area contributed by atoms with Crippen molar-refractivity contribution >= 4 is 11.9 Å². The number of fused-ring (bicyclic) bond motifs is 1. The van der Waals surface area contributed by atoms with Crippen molar-refractivity contribution < 1.29 is 14.3 Å². The predicted octanol–water partition coefficient (Wildman–Crippen LogP) is 4.92. The van der Waals surface area contributed by atoms with E-state index in [0.29, 0.717) is 23.5 Å². The van der Waals surface area contributed by atoms with Crippen LogP contribution < -0.4 is 9.47 Å². The van der Waals surface area contributed by atoms with E-state index in [2.05, 4.69) is 0 Å². The van der Waals surface area contributed by atoms with E-state index in [0.717, 1.165) is 16.9 Å². The second-order valence-electron chi connectivity index (χ2n) is 6.10.